The molecular weight excluding hydrogens is 301 g/mol. The summed E-state index contributed by atoms with van der Waals surface area (Å²) < 4.78 is 5.46. The third kappa shape index (κ3) is 8.27. The van der Waals surface area contributed by atoms with Gasteiger partial charge in [-0.3, -0.25) is 9.69 Å². The minimum Gasteiger partial charge on any atom is -0.378 e. The number of nitrogens with zero attached hydrogens (tertiary/aromatic N) is 1. The highest BCUT2D eigenvalue weighted by Gasteiger charge is 2.29. The first-order chi connectivity index (χ1) is 8.42. The van der Waals surface area contributed by atoms with E-state index in [0.29, 0.717) is 13.0 Å². The minimum absolute atomic E-state index is 0. The zero-order valence-electron chi connectivity index (χ0n) is 12.7. The molecule has 5 nitrogen and oxygen atoms in total. The van der Waals surface area contributed by atoms with Crippen LogP contribution in [0.25, 0.3) is 0 Å². The van der Waals surface area contributed by atoms with Crippen LogP contribution in [0.4, 0.5) is 0 Å². The van der Waals surface area contributed by atoms with Crippen molar-refractivity contribution in [1.82, 2.24) is 10.2 Å². The lowest BCUT2D eigenvalue weighted by Crippen LogP contribution is -2.54. The molecule has 0 radical (unpaired) electrons. The largest absolute Gasteiger partial charge is 0.378 e. The molecule has 1 unspecified atom stereocenters. The molecule has 0 spiro atoms. The number of hydrogen-bond acceptors (Lipinski definition) is 4. The van der Waals surface area contributed by atoms with E-state index in [4.69, 9.17) is 10.5 Å². The highest BCUT2D eigenvalue weighted by atomic mass is 35.5. The molecule has 0 aliphatic carbocycles. The highest BCUT2D eigenvalue weighted by molar-refractivity contribution is 5.85. The van der Waals surface area contributed by atoms with Crippen molar-refractivity contribution < 1.29 is 9.53 Å². The van der Waals surface area contributed by atoms with Gasteiger partial charge in [-0.1, -0.05) is 0 Å². The van der Waals surface area contributed by atoms with Crippen molar-refractivity contribution in [1.29, 1.82) is 0 Å². The van der Waals surface area contributed by atoms with E-state index in [0.717, 1.165) is 32.7 Å². The molecule has 3 N–H and O–H groups in total. The van der Waals surface area contributed by atoms with Crippen LogP contribution in [0.2, 0.25) is 0 Å². The van der Waals surface area contributed by atoms with Crippen LogP contribution in [0.15, 0.2) is 0 Å². The first kappa shape index (κ1) is 22.2. The van der Waals surface area contributed by atoms with E-state index in [1.807, 2.05) is 6.92 Å². The molecule has 1 heterocycles. The Hall–Kier alpha value is -0.0700. The first-order valence-corrected chi connectivity index (χ1v) is 6.77. The summed E-state index contributed by atoms with van der Waals surface area (Å²) in [5, 5.41) is 2.95. The molecular formula is C13H29Cl2N3O2. The number of nitrogens with two attached hydrogens (primary N) is 1. The van der Waals surface area contributed by atoms with Gasteiger partial charge < -0.3 is 15.8 Å². The molecule has 0 aromatic carbocycles. The number of hydrogen-bond donors (Lipinski definition) is 2. The van der Waals surface area contributed by atoms with Crippen LogP contribution in [-0.2, 0) is 9.53 Å². The van der Waals surface area contributed by atoms with Gasteiger partial charge in [-0.15, -0.1) is 24.8 Å². The second-order valence-corrected chi connectivity index (χ2v) is 5.72. The molecule has 7 heteroatoms. The van der Waals surface area contributed by atoms with Gasteiger partial charge in [0.05, 0.1) is 13.2 Å². The van der Waals surface area contributed by atoms with Crippen molar-refractivity contribution in [3.05, 3.63) is 0 Å². The second-order valence-electron chi connectivity index (χ2n) is 5.72. The van der Waals surface area contributed by atoms with Gasteiger partial charge in [0.15, 0.2) is 0 Å². The molecule has 1 amide bonds. The Balaban J connectivity index is 0. The molecule has 0 aromatic heterocycles. The van der Waals surface area contributed by atoms with Crippen LogP contribution >= 0.6 is 24.8 Å². The van der Waals surface area contributed by atoms with Crippen molar-refractivity contribution in [2.45, 2.75) is 45.2 Å². The van der Waals surface area contributed by atoms with Crippen LogP contribution in [0.3, 0.4) is 0 Å². The van der Waals surface area contributed by atoms with Gasteiger partial charge >= 0.3 is 0 Å². The molecule has 20 heavy (non-hydrogen) atoms. The lowest BCUT2D eigenvalue weighted by Gasteiger charge is -2.42. The monoisotopic (exact) mass is 329 g/mol. The lowest BCUT2D eigenvalue weighted by atomic mass is 10.0. The Kier molecular flexibility index (Phi) is 11.8. The van der Waals surface area contributed by atoms with Gasteiger partial charge in [-0.05, 0) is 27.2 Å². The van der Waals surface area contributed by atoms with Crippen LogP contribution in [0.5, 0.6) is 0 Å². The van der Waals surface area contributed by atoms with E-state index in [1.54, 1.807) is 0 Å². The van der Waals surface area contributed by atoms with Gasteiger partial charge in [0.2, 0.25) is 5.91 Å². The van der Waals surface area contributed by atoms with Crippen molar-refractivity contribution >= 4 is 30.7 Å². The van der Waals surface area contributed by atoms with E-state index in [-0.39, 0.29) is 42.3 Å². The van der Waals surface area contributed by atoms with E-state index in [1.165, 1.54) is 0 Å². The van der Waals surface area contributed by atoms with Gasteiger partial charge in [-0.25, -0.2) is 0 Å². The number of morpholine rings is 1. The summed E-state index contributed by atoms with van der Waals surface area (Å²) in [5.74, 6) is 0.0957. The number of amides is 1. The number of carbonyl (C=O) groups is 1. The van der Waals surface area contributed by atoms with Crippen LogP contribution in [0.1, 0.15) is 33.6 Å². The topological polar surface area (TPSA) is 67.6 Å². The van der Waals surface area contributed by atoms with Gasteiger partial charge in [0.25, 0.3) is 0 Å². The molecule has 122 valence electrons. The summed E-state index contributed by atoms with van der Waals surface area (Å²) in [5.41, 5.74) is 5.68. The summed E-state index contributed by atoms with van der Waals surface area (Å²) in [6, 6.07) is 0.0916. The zero-order chi connectivity index (χ0) is 13.6. The highest BCUT2D eigenvalue weighted by Crippen LogP contribution is 2.17. The normalized spacial score (nSPS) is 19.4. The summed E-state index contributed by atoms with van der Waals surface area (Å²) in [7, 11) is 0. The van der Waals surface area contributed by atoms with E-state index in [2.05, 4.69) is 24.1 Å². The fourth-order valence-electron chi connectivity index (χ4n) is 2.08. The van der Waals surface area contributed by atoms with Crippen LogP contribution in [0, 0.1) is 0 Å². The first-order valence-electron chi connectivity index (χ1n) is 6.77. The molecule has 1 rings (SSSR count). The molecule has 1 aliphatic rings. The summed E-state index contributed by atoms with van der Waals surface area (Å²) in [6.45, 7) is 10.3. The Morgan fingerprint density at radius 3 is 2.65 bits per heavy atom. The Labute approximate surface area is 134 Å². The third-order valence-corrected chi connectivity index (χ3v) is 3.35. The van der Waals surface area contributed by atoms with E-state index in [9.17, 15) is 4.79 Å². The predicted molar refractivity (Wildman–Crippen MR) is 86.9 cm³/mol. The summed E-state index contributed by atoms with van der Waals surface area (Å²) in [6.07, 6.45) is 1.26. The summed E-state index contributed by atoms with van der Waals surface area (Å²) >= 11 is 0. The lowest BCUT2D eigenvalue weighted by molar-refractivity contribution is -0.121. The van der Waals surface area contributed by atoms with Crippen LogP contribution < -0.4 is 11.1 Å². The maximum Gasteiger partial charge on any atom is 0.220 e. The Morgan fingerprint density at radius 1 is 1.45 bits per heavy atom. The van der Waals surface area contributed by atoms with Crippen molar-refractivity contribution in [2.24, 2.45) is 5.73 Å². The van der Waals surface area contributed by atoms with Crippen molar-refractivity contribution in [3.63, 3.8) is 0 Å². The number of carbonyl (C=O) groups excluding carboxylic acids is 1. The fraction of sp³-hybridized carbons (Fsp3) is 0.923. The average molecular weight is 330 g/mol. The van der Waals surface area contributed by atoms with Gasteiger partial charge in [0.1, 0.15) is 0 Å². The molecule has 1 atom stereocenters. The second kappa shape index (κ2) is 10.6. The fourth-order valence-corrected chi connectivity index (χ4v) is 2.08. The number of ether oxygens (including phenoxy) is 1. The minimum atomic E-state index is 0. The van der Waals surface area contributed by atoms with E-state index >= 15 is 0 Å². The molecule has 1 fully saturated rings. The van der Waals surface area contributed by atoms with Crippen LogP contribution in [-0.4, -0.2) is 55.2 Å². The summed E-state index contributed by atoms with van der Waals surface area (Å²) in [4.78, 5) is 13.9. The molecule has 1 aliphatic heterocycles. The number of rotatable bonds is 6. The number of halogens is 2. The predicted octanol–water partition coefficient (Wildman–Crippen LogP) is 1.18. The third-order valence-electron chi connectivity index (χ3n) is 3.35. The van der Waals surface area contributed by atoms with Crippen molar-refractivity contribution in [3.8, 4) is 0 Å². The molecule has 0 saturated carbocycles. The quantitative estimate of drug-likeness (QED) is 0.768. The SMILES string of the molecule is CC(N)CCC(=O)NCCN1CCOCC1(C)C.Cl.Cl. The molecule has 1 saturated heterocycles. The zero-order valence-corrected chi connectivity index (χ0v) is 14.3. The standard InChI is InChI=1S/C13H27N3O2.2ClH/c1-11(14)4-5-12(17)15-6-7-16-8-9-18-10-13(16,2)3;;/h11H,4-10,14H2,1-3H3,(H,15,17);2*1H. The maximum atomic E-state index is 11.5. The Bertz CT molecular complexity index is 276. The van der Waals surface area contributed by atoms with Gasteiger partial charge in [-0.2, -0.15) is 0 Å². The smallest absolute Gasteiger partial charge is 0.220 e. The maximum absolute atomic E-state index is 11.5. The Morgan fingerprint density at radius 2 is 2.10 bits per heavy atom. The van der Waals surface area contributed by atoms with E-state index < -0.39 is 0 Å². The molecule has 0 bridgehead atoms. The van der Waals surface area contributed by atoms with Crippen molar-refractivity contribution in [2.75, 3.05) is 32.8 Å². The molecule has 0 aromatic rings. The average Bonchev–Trinajstić information content (AvgIpc) is 2.28. The number of nitrogens with one attached hydrogen (secondary N) is 1. The van der Waals surface area contributed by atoms with Gasteiger partial charge in [0, 0.05) is 37.6 Å².